The minimum Gasteiger partial charge on any atom is -0.349 e. The lowest BCUT2D eigenvalue weighted by Crippen LogP contribution is -2.37. The van der Waals surface area contributed by atoms with Crippen LogP contribution in [-0.2, 0) is 5.41 Å². The van der Waals surface area contributed by atoms with Gasteiger partial charge in [-0.05, 0) is 43.4 Å². The standard InChI is InChI=1S/C23H26ClN3O/c1-16(15-23(3,4)18-11-7-5-8-12-18)25-22(28)20-17(2)26-27(21(20)24)19-13-9-6-10-14-19/h5-14,16H,15H2,1-4H3,(H,25,28)/t16-/m0/s1. The number of aryl methyl sites for hydroxylation is 1. The molecule has 0 saturated carbocycles. The molecule has 0 aliphatic rings. The van der Waals surface area contributed by atoms with E-state index in [0.29, 0.717) is 16.4 Å². The molecule has 3 aromatic rings. The van der Waals surface area contributed by atoms with E-state index in [0.717, 1.165) is 12.1 Å². The van der Waals surface area contributed by atoms with Crippen LogP contribution in [0.1, 0.15) is 48.8 Å². The number of rotatable bonds is 6. The van der Waals surface area contributed by atoms with Crippen molar-refractivity contribution in [1.29, 1.82) is 0 Å². The number of hydrogen-bond acceptors (Lipinski definition) is 2. The molecule has 146 valence electrons. The molecule has 0 bridgehead atoms. The Morgan fingerprint density at radius 3 is 2.29 bits per heavy atom. The van der Waals surface area contributed by atoms with Crippen LogP contribution < -0.4 is 5.32 Å². The Kier molecular flexibility index (Phi) is 5.90. The second kappa shape index (κ2) is 8.19. The molecule has 0 saturated heterocycles. The van der Waals surface area contributed by atoms with Gasteiger partial charge >= 0.3 is 0 Å². The van der Waals surface area contributed by atoms with Crippen molar-refractivity contribution >= 4 is 17.5 Å². The summed E-state index contributed by atoms with van der Waals surface area (Å²) in [6.07, 6.45) is 0.812. The zero-order valence-corrected chi connectivity index (χ0v) is 17.5. The molecule has 0 spiro atoms. The van der Waals surface area contributed by atoms with E-state index >= 15 is 0 Å². The minimum atomic E-state index is -0.193. The fourth-order valence-corrected chi connectivity index (χ4v) is 3.97. The van der Waals surface area contributed by atoms with Crippen LogP contribution in [0.5, 0.6) is 0 Å². The molecule has 1 amide bonds. The molecule has 1 atom stereocenters. The van der Waals surface area contributed by atoms with Crippen LogP contribution in [0.4, 0.5) is 0 Å². The number of hydrogen-bond donors (Lipinski definition) is 1. The number of carbonyl (C=O) groups excluding carboxylic acids is 1. The van der Waals surface area contributed by atoms with Crippen molar-refractivity contribution in [2.45, 2.75) is 45.6 Å². The van der Waals surface area contributed by atoms with Crippen molar-refractivity contribution in [2.24, 2.45) is 0 Å². The third-order valence-corrected chi connectivity index (χ3v) is 5.33. The topological polar surface area (TPSA) is 46.9 Å². The van der Waals surface area contributed by atoms with Crippen LogP contribution in [0, 0.1) is 6.92 Å². The van der Waals surface area contributed by atoms with Gasteiger partial charge in [0, 0.05) is 6.04 Å². The number of benzene rings is 2. The fourth-order valence-electron chi connectivity index (χ4n) is 3.62. The summed E-state index contributed by atoms with van der Waals surface area (Å²) in [6, 6.07) is 19.9. The molecular weight excluding hydrogens is 370 g/mol. The highest BCUT2D eigenvalue weighted by Gasteiger charge is 2.26. The van der Waals surface area contributed by atoms with Crippen LogP contribution in [-0.4, -0.2) is 21.7 Å². The maximum atomic E-state index is 12.9. The minimum absolute atomic E-state index is 0.0155. The van der Waals surface area contributed by atoms with Gasteiger partial charge in [0.2, 0.25) is 0 Å². The van der Waals surface area contributed by atoms with Gasteiger partial charge in [0.1, 0.15) is 5.15 Å². The lowest BCUT2D eigenvalue weighted by molar-refractivity contribution is 0.0934. The first-order valence-corrected chi connectivity index (χ1v) is 9.84. The number of nitrogens with one attached hydrogen (secondary N) is 1. The summed E-state index contributed by atoms with van der Waals surface area (Å²) in [7, 11) is 0. The molecule has 1 aromatic heterocycles. The van der Waals surface area contributed by atoms with Gasteiger partial charge in [-0.2, -0.15) is 5.10 Å². The Morgan fingerprint density at radius 1 is 1.11 bits per heavy atom. The smallest absolute Gasteiger partial charge is 0.256 e. The number of halogens is 1. The zero-order chi connectivity index (χ0) is 20.3. The molecule has 5 heteroatoms. The van der Waals surface area contributed by atoms with Crippen molar-refractivity contribution in [2.75, 3.05) is 0 Å². The van der Waals surface area contributed by atoms with Gasteiger partial charge in [-0.15, -0.1) is 0 Å². The third kappa shape index (κ3) is 4.28. The Morgan fingerprint density at radius 2 is 1.68 bits per heavy atom. The van der Waals surface area contributed by atoms with Crippen molar-refractivity contribution in [1.82, 2.24) is 15.1 Å². The van der Waals surface area contributed by atoms with E-state index in [1.807, 2.05) is 55.5 Å². The first kappa shape index (κ1) is 20.2. The van der Waals surface area contributed by atoms with E-state index in [1.54, 1.807) is 11.6 Å². The molecule has 0 aliphatic heterocycles. The molecule has 28 heavy (non-hydrogen) atoms. The molecule has 0 radical (unpaired) electrons. The first-order valence-electron chi connectivity index (χ1n) is 9.46. The van der Waals surface area contributed by atoms with Gasteiger partial charge < -0.3 is 5.32 Å². The monoisotopic (exact) mass is 395 g/mol. The lowest BCUT2D eigenvalue weighted by Gasteiger charge is -2.29. The fraction of sp³-hybridized carbons (Fsp3) is 0.304. The van der Waals surface area contributed by atoms with E-state index in [1.165, 1.54) is 5.56 Å². The van der Waals surface area contributed by atoms with E-state index < -0.39 is 0 Å². The Hall–Kier alpha value is -2.59. The van der Waals surface area contributed by atoms with Crippen LogP contribution in [0.15, 0.2) is 60.7 Å². The number of nitrogens with zero attached hydrogens (tertiary/aromatic N) is 2. The predicted octanol–water partition coefficient (Wildman–Crippen LogP) is 5.32. The number of aromatic nitrogens is 2. The molecule has 2 aromatic carbocycles. The average Bonchev–Trinajstić information content (AvgIpc) is 2.97. The normalized spacial score (nSPS) is 12.6. The van der Waals surface area contributed by atoms with E-state index in [-0.39, 0.29) is 17.4 Å². The van der Waals surface area contributed by atoms with Crippen LogP contribution in [0.3, 0.4) is 0 Å². The first-order chi connectivity index (χ1) is 13.3. The molecule has 3 rings (SSSR count). The summed E-state index contributed by atoms with van der Waals surface area (Å²) < 4.78 is 1.60. The molecular formula is C23H26ClN3O. The Bertz CT molecular complexity index is 949. The highest BCUT2D eigenvalue weighted by molar-refractivity contribution is 6.33. The molecule has 1 heterocycles. The summed E-state index contributed by atoms with van der Waals surface area (Å²) in [5, 5.41) is 7.88. The second-order valence-corrected chi connectivity index (χ2v) is 8.19. The van der Waals surface area contributed by atoms with E-state index in [4.69, 9.17) is 11.6 Å². The number of carbonyl (C=O) groups is 1. The maximum Gasteiger partial charge on any atom is 0.256 e. The largest absolute Gasteiger partial charge is 0.349 e. The maximum absolute atomic E-state index is 12.9. The summed E-state index contributed by atoms with van der Waals surface area (Å²) in [6.45, 7) is 8.21. The number of para-hydroxylation sites is 1. The van der Waals surface area contributed by atoms with Gasteiger partial charge in [-0.1, -0.05) is 74.0 Å². The van der Waals surface area contributed by atoms with Gasteiger partial charge in [-0.3, -0.25) is 4.79 Å². The molecule has 1 N–H and O–H groups in total. The van der Waals surface area contributed by atoms with Crippen LogP contribution >= 0.6 is 11.6 Å². The van der Waals surface area contributed by atoms with Crippen molar-refractivity contribution in [3.63, 3.8) is 0 Å². The molecule has 4 nitrogen and oxygen atoms in total. The SMILES string of the molecule is Cc1nn(-c2ccccc2)c(Cl)c1C(=O)N[C@@H](C)CC(C)(C)c1ccccc1. The zero-order valence-electron chi connectivity index (χ0n) is 16.7. The van der Waals surface area contributed by atoms with Gasteiger partial charge in [0.25, 0.3) is 5.91 Å². The van der Waals surface area contributed by atoms with Gasteiger partial charge in [-0.25, -0.2) is 4.68 Å². The van der Waals surface area contributed by atoms with Crippen molar-refractivity contribution in [3.05, 3.63) is 82.6 Å². The summed E-state index contributed by atoms with van der Waals surface area (Å²) in [5.41, 5.74) is 3.06. The van der Waals surface area contributed by atoms with Crippen LogP contribution in [0.25, 0.3) is 5.69 Å². The molecule has 0 aliphatic carbocycles. The quantitative estimate of drug-likeness (QED) is 0.613. The predicted molar refractivity (Wildman–Crippen MR) is 114 cm³/mol. The summed E-state index contributed by atoms with van der Waals surface area (Å²) in [4.78, 5) is 12.9. The molecule has 0 fully saturated rings. The second-order valence-electron chi connectivity index (χ2n) is 7.83. The van der Waals surface area contributed by atoms with Crippen molar-refractivity contribution in [3.8, 4) is 5.69 Å². The Balaban J connectivity index is 1.75. The lowest BCUT2D eigenvalue weighted by atomic mass is 9.79. The highest BCUT2D eigenvalue weighted by Crippen LogP contribution is 2.29. The summed E-state index contributed by atoms with van der Waals surface area (Å²) >= 11 is 6.51. The summed E-state index contributed by atoms with van der Waals surface area (Å²) in [5.74, 6) is -0.193. The molecule has 0 unspecified atom stereocenters. The highest BCUT2D eigenvalue weighted by atomic mass is 35.5. The average molecular weight is 396 g/mol. The van der Waals surface area contributed by atoms with E-state index in [2.05, 4.69) is 36.4 Å². The third-order valence-electron chi connectivity index (χ3n) is 4.98. The van der Waals surface area contributed by atoms with Crippen LogP contribution in [0.2, 0.25) is 5.15 Å². The Labute approximate surface area is 171 Å². The van der Waals surface area contributed by atoms with Gasteiger partial charge in [0.05, 0.1) is 16.9 Å². The van der Waals surface area contributed by atoms with E-state index in [9.17, 15) is 4.79 Å². The number of amides is 1. The van der Waals surface area contributed by atoms with Gasteiger partial charge in [0.15, 0.2) is 0 Å². The van der Waals surface area contributed by atoms with Crippen molar-refractivity contribution < 1.29 is 4.79 Å².